The fourth-order valence-electron chi connectivity index (χ4n) is 21.3. The van der Waals surface area contributed by atoms with Gasteiger partial charge in [-0.3, -0.25) is 15.0 Å². The number of benzene rings is 23. The summed E-state index contributed by atoms with van der Waals surface area (Å²) in [6.45, 7) is 2.11. The molecule has 23 aromatic carbocycles. The minimum atomic E-state index is 0.841. The average Bonchev–Trinajstić information content (AvgIpc) is 1.48. The molecule has 0 aliphatic rings. The molecule has 0 unspecified atom stereocenters. The Labute approximate surface area is 815 Å². The molecule has 0 aliphatic carbocycles. The molecule has 29 rings (SSSR count). The highest BCUT2D eigenvalue weighted by molar-refractivity contribution is 6.27. The summed E-state index contributed by atoms with van der Waals surface area (Å²) in [6.07, 6.45) is 5.73. The van der Waals surface area contributed by atoms with Crippen LogP contribution in [0.1, 0.15) is 5.56 Å². The summed E-state index contributed by atoms with van der Waals surface area (Å²) >= 11 is 0. The van der Waals surface area contributed by atoms with E-state index in [1.54, 1.807) is 0 Å². The van der Waals surface area contributed by atoms with Gasteiger partial charge in [0.15, 0.2) is 0 Å². The Bertz CT molecular complexity index is 10000. The molecule has 0 radical (unpaired) electrons. The fraction of sp³-hybridized carbons (Fsp3) is 0.00752. The van der Waals surface area contributed by atoms with Crippen LogP contribution in [0.25, 0.3) is 286 Å². The number of hydrogen-bond donors (Lipinski definition) is 0. The maximum absolute atomic E-state index is 6.99. The van der Waals surface area contributed by atoms with Gasteiger partial charge < -0.3 is 13.3 Å². The van der Waals surface area contributed by atoms with Gasteiger partial charge in [-0.15, -0.1) is 0 Å². The van der Waals surface area contributed by atoms with E-state index in [2.05, 4.69) is 462 Å². The first-order valence-electron chi connectivity index (χ1n) is 48.0. The summed E-state index contributed by atoms with van der Waals surface area (Å²) in [7, 11) is 0. The first-order valence-corrected chi connectivity index (χ1v) is 48.0. The molecular weight excluding hydrogens is 1730 g/mol. The van der Waals surface area contributed by atoms with Crippen LogP contribution in [-0.4, -0.2) is 29.9 Å². The molecule has 0 aliphatic heterocycles. The van der Waals surface area contributed by atoms with E-state index in [0.29, 0.717) is 0 Å². The minimum Gasteiger partial charge on any atom is -0.456 e. The molecule has 0 fully saturated rings. The average molecular weight is 1810 g/mol. The van der Waals surface area contributed by atoms with Crippen LogP contribution < -0.4 is 0 Å². The van der Waals surface area contributed by atoms with E-state index < -0.39 is 0 Å². The molecule has 0 amide bonds. The highest BCUT2D eigenvalue weighted by Crippen LogP contribution is 2.49. The Hall–Kier alpha value is -19.0. The third-order valence-electron chi connectivity index (χ3n) is 28.1. The van der Waals surface area contributed by atoms with Crippen LogP contribution in [0.4, 0.5) is 0 Å². The van der Waals surface area contributed by atoms with Gasteiger partial charge in [-0.05, 0) is 185 Å². The first-order chi connectivity index (χ1) is 70.3. The number of rotatable bonds is 11. The lowest BCUT2D eigenvalue weighted by molar-refractivity contribution is 0.669. The Kier molecular flexibility index (Phi) is 20.0. The van der Waals surface area contributed by atoms with E-state index in [9.17, 15) is 0 Å². The van der Waals surface area contributed by atoms with Crippen molar-refractivity contribution in [3.05, 3.63) is 485 Å². The second-order valence-corrected chi connectivity index (χ2v) is 36.6. The van der Waals surface area contributed by atoms with Crippen LogP contribution in [0, 0.1) is 6.92 Å². The zero-order valence-corrected chi connectivity index (χ0v) is 77.0. The maximum atomic E-state index is 6.99. The van der Waals surface area contributed by atoms with Crippen molar-refractivity contribution in [3.8, 4) is 123 Å². The Morgan fingerprint density at radius 1 is 0.148 bits per heavy atom. The minimum absolute atomic E-state index is 0.841. The topological polar surface area (TPSA) is 117 Å². The summed E-state index contributed by atoms with van der Waals surface area (Å²) in [5.41, 5.74) is 35.6. The first kappa shape index (κ1) is 82.5. The maximum Gasteiger partial charge on any atom is 0.143 e. The fourth-order valence-corrected chi connectivity index (χ4v) is 21.3. The van der Waals surface area contributed by atoms with Crippen molar-refractivity contribution < 1.29 is 13.3 Å². The van der Waals surface area contributed by atoms with Gasteiger partial charge in [0.2, 0.25) is 0 Å². The standard InChI is InChI=1S/C52H32N2O.C46H28N2O.C35H22N2O/c1-4-15-33(16-5-1)38-28-44(34-17-6-2-7-18-34)51-46(30-38)47-31-39(29-45(52(47)55-51)35-19-8-3-9-20-35)36-21-14-22-37(27-36)48-32-53-49-42-25-12-10-23-40(42)41-24-11-13-26-43(41)50(49)54-48;1-3-13-29(14-4-1)34-23-12-24-39-41-27-33(26-40(46(41)49-45(34)39)30-15-5-2-6-16-30)31-17-11-18-32(25-31)42-28-47-43-37-21-9-7-19-35(37)36-20-8-10-22-38(36)44(43)48-42;1-21-13-15-32-29(17-21)30-19-23(14-16-33(30)38-32)22-7-6-8-24(18-22)31-20-36-34-27-11-4-2-9-25(27)26-10-3-5-12-28(26)35(34)37-31/h1-32H;1-28H;2-20H,1H3. The SMILES string of the molecule is Cc1ccc2oc3ccc(-c4cccc(-c5cnc6c7ccccc7c7ccccc7c6n5)c4)cc3c2c1.c1ccc(-c2cc(-c3ccccc3)c3oc4c(-c5ccccc5)cc(-c5cccc(-c6cnc7c8ccccc8c8ccccc8c7n6)c5)cc4c3c2)cc1.c1ccc(-c2cccc3c2oc2c(-c4ccccc4)cc(-c4cccc(-c5cnc6c7ccccc7c7ccccc7c6n5)c4)cc23)cc1. The zero-order valence-electron chi connectivity index (χ0n) is 77.0. The molecule has 0 saturated heterocycles. The highest BCUT2D eigenvalue weighted by Gasteiger charge is 2.25. The number of hydrogen-bond acceptors (Lipinski definition) is 9. The van der Waals surface area contributed by atoms with Crippen LogP contribution in [-0.2, 0) is 0 Å². The van der Waals surface area contributed by atoms with Crippen LogP contribution in [0.2, 0.25) is 0 Å². The third kappa shape index (κ3) is 14.4. The van der Waals surface area contributed by atoms with Gasteiger partial charge >= 0.3 is 0 Å². The molecule has 662 valence electrons. The monoisotopic (exact) mass is 1810 g/mol. The Balaban J connectivity index is 0.000000108. The van der Waals surface area contributed by atoms with Gasteiger partial charge in [-0.1, -0.05) is 388 Å². The predicted octanol–water partition coefficient (Wildman–Crippen LogP) is 36.2. The van der Waals surface area contributed by atoms with Crippen molar-refractivity contribution in [3.63, 3.8) is 0 Å². The molecule has 9 heteroatoms. The molecular formula is C133H82N6O3. The van der Waals surface area contributed by atoms with E-state index in [1.165, 1.54) is 43.4 Å². The number of para-hydroxylation sites is 1. The molecule has 6 aromatic heterocycles. The van der Waals surface area contributed by atoms with Crippen molar-refractivity contribution in [2.24, 2.45) is 0 Å². The number of fused-ring (bicyclic) bond motifs is 27. The van der Waals surface area contributed by atoms with Gasteiger partial charge in [-0.2, -0.15) is 0 Å². The van der Waals surface area contributed by atoms with Gasteiger partial charge in [0.1, 0.15) is 33.5 Å². The Morgan fingerprint density at radius 2 is 0.401 bits per heavy atom. The third-order valence-corrected chi connectivity index (χ3v) is 28.1. The van der Waals surface area contributed by atoms with Gasteiger partial charge in [-0.25, -0.2) is 15.0 Å². The van der Waals surface area contributed by atoms with Crippen molar-refractivity contribution >= 4 is 164 Å². The van der Waals surface area contributed by atoms with Crippen molar-refractivity contribution in [1.82, 2.24) is 29.9 Å². The highest BCUT2D eigenvalue weighted by atomic mass is 16.3. The number of aryl methyl sites for hydroxylation is 1. The van der Waals surface area contributed by atoms with E-state index in [1.807, 2.05) is 24.7 Å². The second-order valence-electron chi connectivity index (χ2n) is 36.6. The largest absolute Gasteiger partial charge is 0.456 e. The van der Waals surface area contributed by atoms with Crippen molar-refractivity contribution in [2.75, 3.05) is 0 Å². The van der Waals surface area contributed by atoms with Crippen molar-refractivity contribution in [2.45, 2.75) is 6.92 Å². The normalized spacial score (nSPS) is 11.7. The lowest BCUT2D eigenvalue weighted by atomic mass is 9.92. The predicted molar refractivity (Wildman–Crippen MR) is 590 cm³/mol. The number of aromatic nitrogens is 6. The summed E-state index contributed by atoms with van der Waals surface area (Å²) in [4.78, 5) is 30.8. The van der Waals surface area contributed by atoms with E-state index in [-0.39, 0.29) is 0 Å². The van der Waals surface area contributed by atoms with E-state index >= 15 is 0 Å². The lowest BCUT2D eigenvalue weighted by Gasteiger charge is -2.12. The Morgan fingerprint density at radius 3 is 0.775 bits per heavy atom. The molecule has 0 N–H and O–H groups in total. The smallest absolute Gasteiger partial charge is 0.143 e. The summed E-state index contributed by atoms with van der Waals surface area (Å²) in [6, 6.07) is 162. The van der Waals surface area contributed by atoms with Crippen molar-refractivity contribution in [1.29, 1.82) is 0 Å². The van der Waals surface area contributed by atoms with Crippen LogP contribution >= 0.6 is 0 Å². The van der Waals surface area contributed by atoms with Gasteiger partial charge in [0.25, 0.3) is 0 Å². The summed E-state index contributed by atoms with van der Waals surface area (Å²) in [5, 5.41) is 20.5. The van der Waals surface area contributed by atoms with Crippen LogP contribution in [0.3, 0.4) is 0 Å². The molecule has 0 bridgehead atoms. The van der Waals surface area contributed by atoms with Gasteiger partial charge in [0, 0.05) is 104 Å². The molecule has 29 aromatic rings. The molecule has 0 saturated carbocycles. The quantitative estimate of drug-likeness (QED) is 0.117. The zero-order chi connectivity index (χ0) is 93.8. The molecule has 142 heavy (non-hydrogen) atoms. The second kappa shape index (κ2) is 34.4. The summed E-state index contributed by atoms with van der Waals surface area (Å²) < 4.78 is 19.9. The van der Waals surface area contributed by atoms with E-state index in [4.69, 9.17) is 43.2 Å². The number of furan rings is 3. The van der Waals surface area contributed by atoms with Crippen LogP contribution in [0.15, 0.2) is 493 Å². The van der Waals surface area contributed by atoms with E-state index in [0.717, 1.165) is 248 Å². The molecule has 0 atom stereocenters. The molecule has 0 spiro atoms. The molecule has 9 nitrogen and oxygen atoms in total. The lowest BCUT2D eigenvalue weighted by Crippen LogP contribution is -1.92. The molecule has 6 heterocycles. The summed E-state index contributed by atoms with van der Waals surface area (Å²) in [5.74, 6) is 0. The van der Waals surface area contributed by atoms with Crippen LogP contribution in [0.5, 0.6) is 0 Å². The number of nitrogens with zero attached hydrogens (tertiary/aromatic N) is 6. The van der Waals surface area contributed by atoms with Gasteiger partial charge in [0.05, 0.1) is 68.8 Å².